The maximum atomic E-state index is 14.1. The summed E-state index contributed by atoms with van der Waals surface area (Å²) in [7, 11) is 0. The van der Waals surface area contributed by atoms with Gasteiger partial charge in [0.25, 0.3) is 5.56 Å². The topological polar surface area (TPSA) is 51.3 Å². The lowest BCUT2D eigenvalue weighted by molar-refractivity contribution is 0.186. The Morgan fingerprint density at radius 2 is 1.91 bits per heavy atom. The average molecular weight is 301 g/mol. The zero-order valence-corrected chi connectivity index (χ0v) is 12.5. The Labute approximate surface area is 128 Å². The van der Waals surface area contributed by atoms with Gasteiger partial charge in [0, 0.05) is 24.2 Å². The molecule has 1 aromatic carbocycles. The highest BCUT2D eigenvalue weighted by Crippen LogP contribution is 2.33. The third-order valence-corrected chi connectivity index (χ3v) is 5.05. The number of aromatic nitrogens is 1. The summed E-state index contributed by atoms with van der Waals surface area (Å²) >= 11 is 0. The lowest BCUT2D eigenvalue weighted by Crippen LogP contribution is -2.42. The summed E-state index contributed by atoms with van der Waals surface area (Å²) in [5.74, 6) is -0.199. The van der Waals surface area contributed by atoms with Crippen molar-refractivity contribution in [1.82, 2.24) is 9.47 Å². The molecule has 0 aliphatic carbocycles. The van der Waals surface area contributed by atoms with E-state index in [2.05, 4.69) is 4.90 Å². The van der Waals surface area contributed by atoms with Gasteiger partial charge in [-0.2, -0.15) is 0 Å². The van der Waals surface area contributed by atoms with Gasteiger partial charge in [-0.1, -0.05) is 0 Å². The first-order valence-corrected chi connectivity index (χ1v) is 7.94. The fraction of sp³-hybridized carbons (Fsp3) is 0.471. The minimum absolute atomic E-state index is 0.0254. The molecule has 0 bridgehead atoms. The van der Waals surface area contributed by atoms with Crippen molar-refractivity contribution in [3.8, 4) is 0 Å². The maximum absolute atomic E-state index is 14.1. The molecule has 4 rings (SSSR count). The average Bonchev–Trinajstić information content (AvgIpc) is 2.89. The number of nitrogens with two attached hydrogens (primary N) is 1. The summed E-state index contributed by atoms with van der Waals surface area (Å²) < 4.78 is 15.9. The number of hydrogen-bond acceptors (Lipinski definition) is 3. The number of halogens is 1. The van der Waals surface area contributed by atoms with Crippen molar-refractivity contribution in [2.75, 3.05) is 19.6 Å². The van der Waals surface area contributed by atoms with Gasteiger partial charge in [0.05, 0.1) is 11.6 Å². The first-order valence-electron chi connectivity index (χ1n) is 7.94. The van der Waals surface area contributed by atoms with Crippen molar-refractivity contribution in [1.29, 1.82) is 0 Å². The fourth-order valence-corrected chi connectivity index (χ4v) is 3.86. The van der Waals surface area contributed by atoms with Crippen molar-refractivity contribution in [3.05, 3.63) is 46.0 Å². The molecule has 1 atom stereocenters. The van der Waals surface area contributed by atoms with Crippen LogP contribution in [0.5, 0.6) is 0 Å². The van der Waals surface area contributed by atoms with Crippen molar-refractivity contribution in [3.63, 3.8) is 0 Å². The molecule has 3 heterocycles. The molecule has 0 unspecified atom stereocenters. The lowest BCUT2D eigenvalue weighted by Gasteiger charge is -2.32. The zero-order valence-electron chi connectivity index (χ0n) is 12.5. The highest BCUT2D eigenvalue weighted by molar-refractivity contribution is 5.84. The van der Waals surface area contributed by atoms with Crippen molar-refractivity contribution < 1.29 is 4.39 Å². The normalized spacial score (nSPS) is 22.5. The maximum Gasteiger partial charge on any atom is 0.251 e. The van der Waals surface area contributed by atoms with Gasteiger partial charge in [-0.25, -0.2) is 4.39 Å². The highest BCUT2D eigenvalue weighted by Gasteiger charge is 2.29. The minimum Gasteiger partial charge on any atom is -0.328 e. The molecule has 116 valence electrons. The van der Waals surface area contributed by atoms with Crippen LogP contribution in [0.1, 0.15) is 24.4 Å². The molecule has 0 radical (unpaired) electrons. The van der Waals surface area contributed by atoms with Gasteiger partial charge in [0.15, 0.2) is 0 Å². The van der Waals surface area contributed by atoms with E-state index in [-0.39, 0.29) is 17.4 Å². The molecule has 2 aliphatic rings. The molecule has 2 aliphatic heterocycles. The van der Waals surface area contributed by atoms with Crippen LogP contribution in [0.15, 0.2) is 29.1 Å². The van der Waals surface area contributed by atoms with Crippen LogP contribution in [0.4, 0.5) is 4.39 Å². The van der Waals surface area contributed by atoms with Crippen LogP contribution in [0.25, 0.3) is 10.9 Å². The quantitative estimate of drug-likeness (QED) is 0.918. The second kappa shape index (κ2) is 5.18. The van der Waals surface area contributed by atoms with E-state index in [1.807, 2.05) is 0 Å². The molecule has 4 nitrogen and oxygen atoms in total. The number of likely N-dealkylation sites (tertiary alicyclic amines) is 1. The first-order chi connectivity index (χ1) is 10.6. The van der Waals surface area contributed by atoms with Crippen molar-refractivity contribution in [2.24, 2.45) is 5.73 Å². The summed E-state index contributed by atoms with van der Waals surface area (Å²) in [6.07, 6.45) is 2.59. The van der Waals surface area contributed by atoms with E-state index in [4.69, 9.17) is 5.73 Å². The number of hydrogen-bond donors (Lipinski definition) is 1. The van der Waals surface area contributed by atoms with E-state index in [0.29, 0.717) is 18.0 Å². The Morgan fingerprint density at radius 3 is 2.68 bits per heavy atom. The molecular formula is C17H20FN3O. The van der Waals surface area contributed by atoms with Gasteiger partial charge < -0.3 is 15.2 Å². The van der Waals surface area contributed by atoms with E-state index >= 15 is 0 Å². The summed E-state index contributed by atoms with van der Waals surface area (Å²) in [6.45, 7) is 2.71. The van der Waals surface area contributed by atoms with Crippen LogP contribution in [0.3, 0.4) is 0 Å². The van der Waals surface area contributed by atoms with Gasteiger partial charge in [0.1, 0.15) is 5.82 Å². The van der Waals surface area contributed by atoms with E-state index in [0.717, 1.165) is 43.4 Å². The highest BCUT2D eigenvalue weighted by atomic mass is 19.1. The standard InChI is InChI=1S/C17H20FN3O/c18-15-3-1-11-2-4-16(22)21-13(9-14(15)17(11)21)10-20-7-5-12(19)6-8-20/h1-4,12-13H,5-10,19H2/t13-/m1/s1. The molecule has 0 amide bonds. The Kier molecular flexibility index (Phi) is 3.27. The second-order valence-corrected chi connectivity index (χ2v) is 6.50. The van der Waals surface area contributed by atoms with E-state index in [9.17, 15) is 9.18 Å². The van der Waals surface area contributed by atoms with Gasteiger partial charge in [0.2, 0.25) is 0 Å². The molecule has 1 saturated heterocycles. The van der Waals surface area contributed by atoms with E-state index in [1.54, 1.807) is 22.8 Å². The largest absolute Gasteiger partial charge is 0.328 e. The smallest absolute Gasteiger partial charge is 0.251 e. The number of piperidine rings is 1. The fourth-order valence-electron chi connectivity index (χ4n) is 3.86. The van der Waals surface area contributed by atoms with Gasteiger partial charge in [-0.15, -0.1) is 0 Å². The Bertz CT molecular complexity index is 777. The monoisotopic (exact) mass is 301 g/mol. The van der Waals surface area contributed by atoms with Crippen LogP contribution in [-0.4, -0.2) is 35.1 Å². The second-order valence-electron chi connectivity index (χ2n) is 6.50. The molecule has 1 fully saturated rings. The van der Waals surface area contributed by atoms with Crippen LogP contribution >= 0.6 is 0 Å². The molecule has 22 heavy (non-hydrogen) atoms. The predicted octanol–water partition coefficient (Wildman–Crippen LogP) is 1.66. The summed E-state index contributed by atoms with van der Waals surface area (Å²) in [5, 5.41) is 0.944. The molecular weight excluding hydrogens is 281 g/mol. The summed E-state index contributed by atoms with van der Waals surface area (Å²) in [6, 6.07) is 6.97. The van der Waals surface area contributed by atoms with Crippen LogP contribution in [-0.2, 0) is 6.42 Å². The SMILES string of the molecule is NC1CCN(C[C@H]2Cc3c(F)ccc4ccc(=O)n2c34)CC1. The Morgan fingerprint density at radius 1 is 1.18 bits per heavy atom. The van der Waals surface area contributed by atoms with Crippen LogP contribution in [0.2, 0.25) is 0 Å². The first kappa shape index (κ1) is 13.9. The number of rotatable bonds is 2. The summed E-state index contributed by atoms with van der Waals surface area (Å²) in [5.41, 5.74) is 7.39. The number of pyridine rings is 1. The molecule has 1 aromatic heterocycles. The minimum atomic E-state index is -0.199. The molecule has 0 spiro atoms. The molecule has 2 N–H and O–H groups in total. The third-order valence-electron chi connectivity index (χ3n) is 5.05. The van der Waals surface area contributed by atoms with E-state index < -0.39 is 0 Å². The Hall–Kier alpha value is -1.72. The summed E-state index contributed by atoms with van der Waals surface area (Å²) in [4.78, 5) is 14.7. The van der Waals surface area contributed by atoms with Gasteiger partial charge in [-0.05, 0) is 55.9 Å². The van der Waals surface area contributed by atoms with Gasteiger partial charge in [-0.3, -0.25) is 4.79 Å². The van der Waals surface area contributed by atoms with Crippen LogP contribution < -0.4 is 11.3 Å². The Balaban J connectivity index is 1.70. The molecule has 0 saturated carbocycles. The third kappa shape index (κ3) is 2.16. The number of nitrogens with zero attached hydrogens (tertiary/aromatic N) is 2. The zero-order chi connectivity index (χ0) is 15.3. The number of benzene rings is 1. The van der Waals surface area contributed by atoms with Crippen molar-refractivity contribution >= 4 is 10.9 Å². The molecule has 5 heteroatoms. The van der Waals surface area contributed by atoms with E-state index in [1.165, 1.54) is 6.07 Å². The van der Waals surface area contributed by atoms with Crippen molar-refractivity contribution in [2.45, 2.75) is 31.3 Å². The molecule has 2 aromatic rings. The van der Waals surface area contributed by atoms with Crippen LogP contribution in [0, 0.1) is 5.82 Å². The lowest BCUT2D eigenvalue weighted by atomic mass is 10.0. The predicted molar refractivity (Wildman–Crippen MR) is 84.6 cm³/mol. The van der Waals surface area contributed by atoms with Gasteiger partial charge >= 0.3 is 0 Å².